The third-order valence-corrected chi connectivity index (χ3v) is 6.27. The minimum atomic E-state index is -3.58. The largest absolute Gasteiger partial charge is 0.324 e. The van der Waals surface area contributed by atoms with Gasteiger partial charge in [-0.15, -0.1) is 0 Å². The van der Waals surface area contributed by atoms with E-state index in [0.717, 1.165) is 5.56 Å². The monoisotopic (exact) mass is 378 g/mol. The molecule has 0 saturated carbocycles. The number of amides is 1. The predicted molar refractivity (Wildman–Crippen MR) is 101 cm³/mol. The van der Waals surface area contributed by atoms with E-state index in [2.05, 4.69) is 5.32 Å². The molecule has 3 rings (SSSR count). The molecule has 0 spiro atoms. The first kappa shape index (κ1) is 17.8. The molecule has 2 aromatic rings. The molecule has 7 heteroatoms. The zero-order chi connectivity index (χ0) is 18.0. The lowest BCUT2D eigenvalue weighted by Crippen LogP contribution is -2.50. The standard InChI is InChI=1S/C18H19ClN2O3S/c1-2-25(23,24)21-16-9-4-3-6-13(16)10-11-17(21)18(22)20-15-8-5-7-14(19)12-15/h3-9,12,17H,2,10-11H2,1H3,(H,20,22)/t17-/m0/s1. The summed E-state index contributed by atoms with van der Waals surface area (Å²) in [5, 5.41) is 3.28. The van der Waals surface area contributed by atoms with E-state index < -0.39 is 16.1 Å². The van der Waals surface area contributed by atoms with Crippen molar-refractivity contribution in [3.63, 3.8) is 0 Å². The summed E-state index contributed by atoms with van der Waals surface area (Å²) in [4.78, 5) is 12.8. The van der Waals surface area contributed by atoms with Crippen molar-refractivity contribution in [3.05, 3.63) is 59.1 Å². The number of nitrogens with one attached hydrogen (secondary N) is 1. The van der Waals surface area contributed by atoms with Gasteiger partial charge >= 0.3 is 0 Å². The van der Waals surface area contributed by atoms with Crippen LogP contribution in [0.5, 0.6) is 0 Å². The summed E-state index contributed by atoms with van der Waals surface area (Å²) in [5.74, 6) is -0.420. The van der Waals surface area contributed by atoms with Crippen LogP contribution < -0.4 is 9.62 Å². The Bertz CT molecular complexity index is 899. The highest BCUT2D eigenvalue weighted by Gasteiger charge is 2.38. The maximum atomic E-state index is 12.8. The quantitative estimate of drug-likeness (QED) is 0.886. The molecule has 0 unspecified atom stereocenters. The third kappa shape index (κ3) is 3.65. The smallest absolute Gasteiger partial charge is 0.248 e. The fourth-order valence-electron chi connectivity index (χ4n) is 3.03. The van der Waals surface area contributed by atoms with Crippen LogP contribution in [0.3, 0.4) is 0 Å². The molecule has 1 aliphatic heterocycles. The van der Waals surface area contributed by atoms with Crippen LogP contribution in [0.1, 0.15) is 18.9 Å². The number of hydrogen-bond acceptors (Lipinski definition) is 3. The normalized spacial score (nSPS) is 17.0. The lowest BCUT2D eigenvalue weighted by atomic mass is 9.97. The molecule has 5 nitrogen and oxygen atoms in total. The van der Waals surface area contributed by atoms with Gasteiger partial charge in [-0.25, -0.2) is 8.42 Å². The summed E-state index contributed by atoms with van der Waals surface area (Å²) in [6.07, 6.45) is 1.09. The lowest BCUT2D eigenvalue weighted by molar-refractivity contribution is -0.117. The summed E-state index contributed by atoms with van der Waals surface area (Å²) in [5.41, 5.74) is 2.07. The lowest BCUT2D eigenvalue weighted by Gasteiger charge is -2.36. The number of carbonyl (C=O) groups excluding carboxylic acids is 1. The van der Waals surface area contributed by atoms with Crippen molar-refractivity contribution in [1.82, 2.24) is 0 Å². The molecule has 1 amide bonds. The Morgan fingerprint density at radius 1 is 1.24 bits per heavy atom. The van der Waals surface area contributed by atoms with E-state index in [9.17, 15) is 13.2 Å². The van der Waals surface area contributed by atoms with E-state index in [1.165, 1.54) is 4.31 Å². The number of anilines is 2. The Hall–Kier alpha value is -2.05. The summed E-state index contributed by atoms with van der Waals surface area (Å²) in [6.45, 7) is 1.58. The molecule has 0 aromatic heterocycles. The van der Waals surface area contributed by atoms with Gasteiger partial charge < -0.3 is 5.32 Å². The third-order valence-electron chi connectivity index (χ3n) is 4.26. The average Bonchev–Trinajstić information content (AvgIpc) is 2.60. The van der Waals surface area contributed by atoms with Crippen molar-refractivity contribution in [2.24, 2.45) is 0 Å². The van der Waals surface area contributed by atoms with Crippen molar-refractivity contribution in [1.29, 1.82) is 0 Å². The highest BCUT2D eigenvalue weighted by Crippen LogP contribution is 2.33. The predicted octanol–water partition coefficient (Wildman–Crippen LogP) is 3.45. The number of halogens is 1. The zero-order valence-electron chi connectivity index (χ0n) is 13.8. The van der Waals surface area contributed by atoms with Crippen LogP contribution in [0.4, 0.5) is 11.4 Å². The number of fused-ring (bicyclic) bond motifs is 1. The average molecular weight is 379 g/mol. The molecule has 1 aliphatic rings. The Morgan fingerprint density at radius 2 is 2.00 bits per heavy atom. The van der Waals surface area contributed by atoms with Gasteiger partial charge in [0.1, 0.15) is 6.04 Å². The Kier molecular flexibility index (Phi) is 5.01. The number of hydrogen-bond donors (Lipinski definition) is 1. The Labute approximate surface area is 152 Å². The topological polar surface area (TPSA) is 66.5 Å². The van der Waals surface area contributed by atoms with Crippen molar-refractivity contribution >= 4 is 38.9 Å². The Balaban J connectivity index is 1.95. The van der Waals surface area contributed by atoms with Gasteiger partial charge in [0.25, 0.3) is 0 Å². The van der Waals surface area contributed by atoms with Gasteiger partial charge in [0, 0.05) is 10.7 Å². The molecule has 25 heavy (non-hydrogen) atoms. The van der Waals surface area contributed by atoms with Gasteiger partial charge in [0.15, 0.2) is 0 Å². The van der Waals surface area contributed by atoms with E-state index in [-0.39, 0.29) is 11.7 Å². The second-order valence-electron chi connectivity index (χ2n) is 5.88. The molecule has 1 N–H and O–H groups in total. The van der Waals surface area contributed by atoms with Crippen LogP contribution in [0, 0.1) is 0 Å². The zero-order valence-corrected chi connectivity index (χ0v) is 15.3. The molecule has 0 bridgehead atoms. The number of rotatable bonds is 4. The van der Waals surface area contributed by atoms with Gasteiger partial charge in [0.05, 0.1) is 11.4 Å². The van der Waals surface area contributed by atoms with Gasteiger partial charge in [0.2, 0.25) is 15.9 Å². The molecule has 132 valence electrons. The van der Waals surface area contributed by atoms with Crippen molar-refractivity contribution in [2.45, 2.75) is 25.8 Å². The molecule has 1 heterocycles. The van der Waals surface area contributed by atoms with E-state index in [4.69, 9.17) is 11.6 Å². The van der Waals surface area contributed by atoms with E-state index >= 15 is 0 Å². The van der Waals surface area contributed by atoms with Crippen LogP contribution in [0.15, 0.2) is 48.5 Å². The Morgan fingerprint density at radius 3 is 2.72 bits per heavy atom. The fourth-order valence-corrected chi connectivity index (χ4v) is 4.56. The summed E-state index contributed by atoms with van der Waals surface area (Å²) in [6, 6.07) is 13.3. The number of aryl methyl sites for hydroxylation is 1. The van der Waals surface area contributed by atoms with Crippen molar-refractivity contribution < 1.29 is 13.2 Å². The maximum Gasteiger partial charge on any atom is 0.248 e. The van der Waals surface area contributed by atoms with Crippen LogP contribution in [-0.2, 0) is 21.2 Å². The van der Waals surface area contributed by atoms with Crippen LogP contribution in [0.2, 0.25) is 5.02 Å². The van der Waals surface area contributed by atoms with Gasteiger partial charge in [-0.1, -0.05) is 35.9 Å². The van der Waals surface area contributed by atoms with E-state index in [1.54, 1.807) is 43.3 Å². The highest BCUT2D eigenvalue weighted by molar-refractivity contribution is 7.92. The van der Waals surface area contributed by atoms with Crippen LogP contribution in [0.25, 0.3) is 0 Å². The molecule has 2 aromatic carbocycles. The summed E-state index contributed by atoms with van der Waals surface area (Å²) in [7, 11) is -3.58. The minimum absolute atomic E-state index is 0.0672. The van der Waals surface area contributed by atoms with Crippen molar-refractivity contribution in [3.8, 4) is 0 Å². The first-order valence-corrected chi connectivity index (χ1v) is 10.1. The number of nitrogens with zero attached hydrogens (tertiary/aromatic N) is 1. The first-order chi connectivity index (χ1) is 11.9. The minimum Gasteiger partial charge on any atom is -0.324 e. The molecule has 0 saturated heterocycles. The van der Waals surface area contributed by atoms with E-state index in [0.29, 0.717) is 29.2 Å². The number of benzene rings is 2. The maximum absolute atomic E-state index is 12.8. The number of carbonyl (C=O) groups is 1. The molecule has 0 radical (unpaired) electrons. The molecule has 0 fully saturated rings. The van der Waals surface area contributed by atoms with Crippen LogP contribution in [-0.4, -0.2) is 26.1 Å². The first-order valence-electron chi connectivity index (χ1n) is 8.09. The summed E-state index contributed by atoms with van der Waals surface area (Å²) >= 11 is 5.95. The molecule has 0 aliphatic carbocycles. The molecular formula is C18H19ClN2O3S. The van der Waals surface area contributed by atoms with Gasteiger partial charge in [-0.05, 0) is 49.6 Å². The highest BCUT2D eigenvalue weighted by atomic mass is 35.5. The fraction of sp³-hybridized carbons (Fsp3) is 0.278. The second-order valence-corrected chi connectivity index (χ2v) is 8.45. The van der Waals surface area contributed by atoms with Gasteiger partial charge in [-0.3, -0.25) is 9.10 Å². The summed E-state index contributed by atoms with van der Waals surface area (Å²) < 4.78 is 26.6. The number of sulfonamides is 1. The van der Waals surface area contributed by atoms with E-state index in [1.807, 2.05) is 12.1 Å². The second kappa shape index (κ2) is 7.06. The van der Waals surface area contributed by atoms with Gasteiger partial charge in [-0.2, -0.15) is 0 Å². The molecule has 1 atom stereocenters. The number of para-hydroxylation sites is 1. The van der Waals surface area contributed by atoms with Crippen LogP contribution >= 0.6 is 11.6 Å². The van der Waals surface area contributed by atoms with Crippen molar-refractivity contribution in [2.75, 3.05) is 15.4 Å². The SMILES string of the molecule is CCS(=O)(=O)N1c2ccccc2CC[C@H]1C(=O)Nc1cccc(Cl)c1. The molecular weight excluding hydrogens is 360 g/mol.